The van der Waals surface area contributed by atoms with E-state index in [1.807, 2.05) is 0 Å². The third-order valence-electron chi connectivity index (χ3n) is 1.36. The third-order valence-corrected chi connectivity index (χ3v) is 1.63. The number of carbonyl (C=O) groups is 1. The van der Waals surface area contributed by atoms with E-state index in [1.54, 1.807) is 27.0 Å². The van der Waals surface area contributed by atoms with Gasteiger partial charge in [0.2, 0.25) is 5.82 Å². The fourth-order valence-corrected chi connectivity index (χ4v) is 0.996. The van der Waals surface area contributed by atoms with Crippen molar-refractivity contribution in [2.45, 2.75) is 32.3 Å². The first-order valence-corrected chi connectivity index (χ1v) is 4.79. The summed E-state index contributed by atoms with van der Waals surface area (Å²) >= 11 is 5.54. The molecule has 1 aromatic heterocycles. The van der Waals surface area contributed by atoms with Crippen LogP contribution in [0.3, 0.4) is 0 Å². The Hall–Kier alpha value is -1.03. The largest absolute Gasteiger partial charge is 0.454 e. The molecule has 0 saturated heterocycles. The minimum atomic E-state index is -0.509. The molecule has 0 bridgehead atoms. The minimum absolute atomic E-state index is 0.190. The number of alkyl halides is 1. The highest BCUT2D eigenvalue weighted by Crippen LogP contribution is 2.10. The molecule has 4 nitrogen and oxygen atoms in total. The van der Waals surface area contributed by atoms with Gasteiger partial charge in [-0.3, -0.25) is 0 Å². The Balaban J connectivity index is 2.70. The predicted octanol–water partition coefficient (Wildman–Crippen LogP) is 2.10. The number of hydrogen-bond donors (Lipinski definition) is 1. The van der Waals surface area contributed by atoms with Crippen molar-refractivity contribution in [1.29, 1.82) is 0 Å². The summed E-state index contributed by atoms with van der Waals surface area (Å²) in [6.45, 7) is 5.41. The average Bonchev–Trinajstić information content (AvgIpc) is 2.48. The summed E-state index contributed by atoms with van der Waals surface area (Å²) in [6.07, 6.45) is 1.59. The molecule has 1 aromatic rings. The molecule has 0 amide bonds. The van der Waals surface area contributed by atoms with Crippen molar-refractivity contribution in [2.75, 3.05) is 0 Å². The molecule has 0 radical (unpaired) electrons. The molecule has 0 aliphatic heterocycles. The summed E-state index contributed by atoms with van der Waals surface area (Å²) in [7, 11) is 0. The summed E-state index contributed by atoms with van der Waals surface area (Å²) < 4.78 is 5.11. The number of nitrogens with one attached hydrogen (secondary N) is 1. The molecule has 0 aromatic carbocycles. The molecule has 1 rings (SSSR count). The van der Waals surface area contributed by atoms with Gasteiger partial charge in [-0.05, 0) is 20.8 Å². The Labute approximate surface area is 87.6 Å². The molecular weight excluding hydrogens is 204 g/mol. The van der Waals surface area contributed by atoms with E-state index in [0.717, 1.165) is 0 Å². The van der Waals surface area contributed by atoms with Gasteiger partial charge in [-0.1, -0.05) is 0 Å². The van der Waals surface area contributed by atoms with Crippen LogP contribution in [0.2, 0.25) is 0 Å². The van der Waals surface area contributed by atoms with Gasteiger partial charge in [-0.25, -0.2) is 9.78 Å². The molecule has 0 fully saturated rings. The highest BCUT2D eigenvalue weighted by atomic mass is 35.5. The molecule has 78 valence electrons. The zero-order valence-electron chi connectivity index (χ0n) is 8.43. The molecular formula is C9H13ClN2O2. The molecule has 0 saturated carbocycles. The normalized spacial score (nSPS) is 11.4. The quantitative estimate of drug-likeness (QED) is 0.609. The predicted molar refractivity (Wildman–Crippen MR) is 53.3 cm³/mol. The topological polar surface area (TPSA) is 55.0 Å². The van der Waals surface area contributed by atoms with E-state index < -0.39 is 11.6 Å². The van der Waals surface area contributed by atoms with Gasteiger partial charge in [-0.2, -0.15) is 0 Å². The molecule has 14 heavy (non-hydrogen) atoms. The van der Waals surface area contributed by atoms with Crippen LogP contribution in [0.1, 0.15) is 37.1 Å². The van der Waals surface area contributed by atoms with Crippen LogP contribution in [0.15, 0.2) is 6.20 Å². The smallest absolute Gasteiger partial charge is 0.374 e. The lowest BCUT2D eigenvalue weighted by atomic mass is 10.2. The molecule has 1 heterocycles. The second-order valence-corrected chi connectivity index (χ2v) is 4.14. The van der Waals surface area contributed by atoms with Crippen LogP contribution in [-0.2, 0) is 10.6 Å². The SMILES string of the molecule is CC(C)(C)OC(=O)c1nc(CCl)c[nH]1. The van der Waals surface area contributed by atoms with E-state index >= 15 is 0 Å². The van der Waals surface area contributed by atoms with E-state index in [1.165, 1.54) is 0 Å². The van der Waals surface area contributed by atoms with Gasteiger partial charge in [-0.15, -0.1) is 11.6 Å². The van der Waals surface area contributed by atoms with E-state index in [9.17, 15) is 4.79 Å². The maximum Gasteiger partial charge on any atom is 0.374 e. The number of nitrogens with zero attached hydrogens (tertiary/aromatic N) is 1. The number of ether oxygens (including phenoxy) is 1. The zero-order chi connectivity index (χ0) is 10.8. The Bertz CT molecular complexity index is 328. The van der Waals surface area contributed by atoms with E-state index in [2.05, 4.69) is 9.97 Å². The number of rotatable bonds is 2. The van der Waals surface area contributed by atoms with Gasteiger partial charge in [0, 0.05) is 6.20 Å². The minimum Gasteiger partial charge on any atom is -0.454 e. The van der Waals surface area contributed by atoms with Gasteiger partial charge in [0.25, 0.3) is 0 Å². The first-order valence-electron chi connectivity index (χ1n) is 4.26. The summed E-state index contributed by atoms with van der Waals surface area (Å²) in [5.41, 5.74) is 0.123. The van der Waals surface area contributed by atoms with Crippen molar-refractivity contribution in [2.24, 2.45) is 0 Å². The van der Waals surface area contributed by atoms with Gasteiger partial charge in [0.05, 0.1) is 11.6 Å². The molecule has 0 unspecified atom stereocenters. The molecule has 0 aliphatic rings. The number of hydrogen-bond acceptors (Lipinski definition) is 3. The second-order valence-electron chi connectivity index (χ2n) is 3.88. The van der Waals surface area contributed by atoms with Crippen molar-refractivity contribution < 1.29 is 9.53 Å². The number of aromatic nitrogens is 2. The monoisotopic (exact) mass is 216 g/mol. The molecule has 0 spiro atoms. The van der Waals surface area contributed by atoms with Crippen molar-refractivity contribution >= 4 is 17.6 Å². The van der Waals surface area contributed by atoms with Crippen LogP contribution < -0.4 is 0 Å². The molecule has 0 atom stereocenters. The van der Waals surface area contributed by atoms with Crippen molar-refractivity contribution in [3.05, 3.63) is 17.7 Å². The van der Waals surface area contributed by atoms with Crippen LogP contribution in [0.5, 0.6) is 0 Å². The van der Waals surface area contributed by atoms with Gasteiger partial charge in [0.1, 0.15) is 5.60 Å². The van der Waals surface area contributed by atoms with E-state index in [4.69, 9.17) is 16.3 Å². The molecule has 5 heteroatoms. The number of esters is 1. The lowest BCUT2D eigenvalue weighted by Crippen LogP contribution is -2.24. The third kappa shape index (κ3) is 3.03. The summed E-state index contributed by atoms with van der Waals surface area (Å²) in [6, 6.07) is 0. The van der Waals surface area contributed by atoms with Gasteiger partial charge >= 0.3 is 5.97 Å². The van der Waals surface area contributed by atoms with E-state index in [0.29, 0.717) is 5.69 Å². The number of carbonyl (C=O) groups excluding carboxylic acids is 1. The van der Waals surface area contributed by atoms with Crippen LogP contribution in [0, 0.1) is 0 Å². The first kappa shape index (κ1) is 11.0. The summed E-state index contributed by atoms with van der Waals surface area (Å²) in [4.78, 5) is 18.1. The maximum absolute atomic E-state index is 11.4. The van der Waals surface area contributed by atoms with Crippen LogP contribution in [-0.4, -0.2) is 21.5 Å². The Morgan fingerprint density at radius 1 is 1.64 bits per heavy atom. The number of halogens is 1. The number of H-pyrrole nitrogens is 1. The molecule has 0 aliphatic carbocycles. The maximum atomic E-state index is 11.4. The Morgan fingerprint density at radius 3 is 2.71 bits per heavy atom. The van der Waals surface area contributed by atoms with Crippen molar-refractivity contribution in [3.8, 4) is 0 Å². The van der Waals surface area contributed by atoms with Crippen LogP contribution in [0.25, 0.3) is 0 Å². The number of imidazole rings is 1. The first-order chi connectivity index (χ1) is 6.42. The molecule has 1 N–H and O–H groups in total. The Morgan fingerprint density at radius 2 is 2.29 bits per heavy atom. The van der Waals surface area contributed by atoms with Crippen LogP contribution >= 0.6 is 11.6 Å². The second kappa shape index (κ2) is 4.00. The fourth-order valence-electron chi connectivity index (χ4n) is 0.859. The zero-order valence-corrected chi connectivity index (χ0v) is 9.18. The number of aromatic amines is 1. The Kier molecular flexibility index (Phi) is 3.16. The summed E-state index contributed by atoms with van der Waals surface area (Å²) in [5.74, 6) is 0.00342. The van der Waals surface area contributed by atoms with E-state index in [-0.39, 0.29) is 11.7 Å². The summed E-state index contributed by atoms with van der Waals surface area (Å²) in [5, 5.41) is 0. The highest BCUT2D eigenvalue weighted by molar-refractivity contribution is 6.16. The average molecular weight is 217 g/mol. The fraction of sp³-hybridized carbons (Fsp3) is 0.556. The standard InChI is InChI=1S/C9H13ClN2O2/c1-9(2,3)14-8(13)7-11-5-6(4-10)12-7/h5H,4H2,1-3H3,(H,11,12). The highest BCUT2D eigenvalue weighted by Gasteiger charge is 2.19. The lowest BCUT2D eigenvalue weighted by Gasteiger charge is -2.18. The van der Waals surface area contributed by atoms with Gasteiger partial charge in [0.15, 0.2) is 0 Å². The lowest BCUT2D eigenvalue weighted by molar-refractivity contribution is 0.00567. The van der Waals surface area contributed by atoms with Crippen molar-refractivity contribution in [3.63, 3.8) is 0 Å². The van der Waals surface area contributed by atoms with Crippen LogP contribution in [0.4, 0.5) is 0 Å². The van der Waals surface area contributed by atoms with Gasteiger partial charge < -0.3 is 9.72 Å². The van der Waals surface area contributed by atoms with Crippen molar-refractivity contribution in [1.82, 2.24) is 9.97 Å².